The van der Waals surface area contributed by atoms with E-state index in [0.29, 0.717) is 11.3 Å². The van der Waals surface area contributed by atoms with Crippen LogP contribution in [0.25, 0.3) is 5.57 Å². The van der Waals surface area contributed by atoms with Crippen LogP contribution in [0.15, 0.2) is 59.5 Å². The van der Waals surface area contributed by atoms with Crippen molar-refractivity contribution in [2.75, 3.05) is 10.8 Å². The van der Waals surface area contributed by atoms with Crippen LogP contribution in [-0.4, -0.2) is 26.9 Å². The zero-order valence-electron chi connectivity index (χ0n) is 18.0. The van der Waals surface area contributed by atoms with Crippen molar-refractivity contribution in [2.24, 2.45) is 0 Å². The molecule has 1 saturated carbocycles. The second-order valence-electron chi connectivity index (χ2n) is 8.27. The van der Waals surface area contributed by atoms with E-state index in [1.54, 1.807) is 6.92 Å². The molecule has 31 heavy (non-hydrogen) atoms. The summed E-state index contributed by atoms with van der Waals surface area (Å²) in [6, 6.07) is 16.8. The summed E-state index contributed by atoms with van der Waals surface area (Å²) in [4.78, 5) is 13.4. The first-order chi connectivity index (χ1) is 15.0. The number of rotatable bonds is 4. The summed E-state index contributed by atoms with van der Waals surface area (Å²) in [7, 11) is -3.99. The Morgan fingerprint density at radius 2 is 1.55 bits per heavy atom. The first-order valence-electron chi connectivity index (χ1n) is 11.3. The fourth-order valence-corrected chi connectivity index (χ4v) is 6.46. The van der Waals surface area contributed by atoms with E-state index in [1.165, 1.54) is 23.6 Å². The van der Waals surface area contributed by atoms with Gasteiger partial charge in [-0.15, -0.1) is 0 Å². The topological polar surface area (TPSA) is 66.5 Å². The average Bonchev–Trinajstić information content (AvgIpc) is 2.74. The van der Waals surface area contributed by atoms with E-state index in [4.69, 9.17) is 0 Å². The van der Waals surface area contributed by atoms with Gasteiger partial charge in [-0.05, 0) is 31.4 Å². The number of nitrogens with zero attached hydrogens (tertiary/aromatic N) is 1. The van der Waals surface area contributed by atoms with Gasteiger partial charge in [0.15, 0.2) is 4.91 Å². The molecule has 0 unspecified atom stereocenters. The Balaban J connectivity index is 1.85. The number of carbonyl (C=O) groups is 1. The summed E-state index contributed by atoms with van der Waals surface area (Å²) >= 11 is 0. The van der Waals surface area contributed by atoms with Gasteiger partial charge < -0.3 is 5.32 Å². The highest BCUT2D eigenvalue weighted by Crippen LogP contribution is 2.42. The number of nitrogens with one attached hydrogen (secondary N) is 1. The van der Waals surface area contributed by atoms with Crippen molar-refractivity contribution in [2.45, 2.75) is 57.9 Å². The maximum atomic E-state index is 13.7. The fraction of sp³-hybridized carbons (Fsp3) is 0.400. The van der Waals surface area contributed by atoms with Crippen LogP contribution in [0.5, 0.6) is 0 Å². The molecule has 2 aromatic carbocycles. The third-order valence-corrected chi connectivity index (χ3v) is 8.15. The summed E-state index contributed by atoms with van der Waals surface area (Å²) in [5, 5.41) is 3.08. The van der Waals surface area contributed by atoms with Crippen molar-refractivity contribution >= 4 is 27.2 Å². The number of anilines is 1. The molecule has 6 heteroatoms. The molecule has 2 aliphatic rings. The predicted molar refractivity (Wildman–Crippen MR) is 125 cm³/mol. The fourth-order valence-electron chi connectivity index (χ4n) is 4.71. The molecule has 0 saturated heterocycles. The van der Waals surface area contributed by atoms with Gasteiger partial charge in [-0.25, -0.2) is 8.42 Å². The molecule has 1 aliphatic carbocycles. The number of hydrogen-bond donors (Lipinski definition) is 1. The Morgan fingerprint density at radius 1 is 0.935 bits per heavy atom. The maximum Gasteiger partial charge on any atom is 0.270 e. The Hall–Kier alpha value is -2.60. The largest absolute Gasteiger partial charge is 0.349 e. The van der Waals surface area contributed by atoms with Gasteiger partial charge in [0.05, 0.1) is 5.69 Å². The maximum absolute atomic E-state index is 13.7. The van der Waals surface area contributed by atoms with E-state index < -0.39 is 15.9 Å². The lowest BCUT2D eigenvalue weighted by Gasteiger charge is -2.33. The zero-order chi connectivity index (χ0) is 21.8. The minimum Gasteiger partial charge on any atom is -0.349 e. The Bertz CT molecular complexity index is 1070. The molecule has 2 aromatic rings. The molecule has 0 spiro atoms. The average molecular weight is 439 g/mol. The van der Waals surface area contributed by atoms with Crippen molar-refractivity contribution < 1.29 is 13.2 Å². The van der Waals surface area contributed by atoms with Crippen LogP contribution in [0.2, 0.25) is 0 Å². The highest BCUT2D eigenvalue weighted by Gasteiger charge is 2.41. The molecule has 1 N–H and O–H groups in total. The van der Waals surface area contributed by atoms with E-state index in [9.17, 15) is 13.2 Å². The highest BCUT2D eigenvalue weighted by atomic mass is 32.2. The second kappa shape index (κ2) is 9.27. The van der Waals surface area contributed by atoms with Gasteiger partial charge in [-0.1, -0.05) is 80.6 Å². The van der Waals surface area contributed by atoms with Gasteiger partial charge >= 0.3 is 0 Å². The third kappa shape index (κ3) is 4.26. The first-order valence-corrected chi connectivity index (χ1v) is 12.7. The number of benzene rings is 2. The van der Waals surface area contributed by atoms with Crippen molar-refractivity contribution in [3.8, 4) is 0 Å². The smallest absolute Gasteiger partial charge is 0.270 e. The summed E-state index contributed by atoms with van der Waals surface area (Å²) in [6.07, 6.45) is 7.49. The van der Waals surface area contributed by atoms with Crippen molar-refractivity contribution in [3.05, 3.63) is 70.6 Å². The normalized spacial score (nSPS) is 19.3. The van der Waals surface area contributed by atoms with Crippen LogP contribution in [-0.2, 0) is 14.8 Å². The molecule has 4 rings (SSSR count). The Kier molecular flexibility index (Phi) is 6.46. The number of sulfonamides is 1. The van der Waals surface area contributed by atoms with Crippen molar-refractivity contribution in [1.82, 2.24) is 5.32 Å². The Labute approximate surface area is 185 Å². The monoisotopic (exact) mass is 438 g/mol. The quantitative estimate of drug-likeness (QED) is 0.742. The second-order valence-corrected chi connectivity index (χ2v) is 10.1. The molecule has 1 heterocycles. The predicted octanol–water partition coefficient (Wildman–Crippen LogP) is 4.84. The van der Waals surface area contributed by atoms with Crippen molar-refractivity contribution in [1.29, 1.82) is 0 Å². The molecule has 164 valence electrons. The minimum atomic E-state index is -3.99. The van der Waals surface area contributed by atoms with E-state index in [0.717, 1.165) is 36.8 Å². The SMILES string of the molecule is CCN1c2ccccc2C(c2ccccc2)=C(C(=O)NC2CCCCCCC2)S1(=O)=O. The van der Waals surface area contributed by atoms with Crippen LogP contribution in [0.3, 0.4) is 0 Å². The lowest BCUT2D eigenvalue weighted by molar-refractivity contribution is -0.117. The molecular formula is C25H30N2O3S. The van der Waals surface area contributed by atoms with Crippen LogP contribution < -0.4 is 9.62 Å². The number of hydrogen-bond acceptors (Lipinski definition) is 3. The molecule has 0 atom stereocenters. The van der Waals surface area contributed by atoms with E-state index in [1.807, 2.05) is 54.6 Å². The van der Waals surface area contributed by atoms with Gasteiger partial charge in [0.1, 0.15) is 0 Å². The molecule has 0 bridgehead atoms. The Morgan fingerprint density at radius 3 is 2.23 bits per heavy atom. The highest BCUT2D eigenvalue weighted by molar-refractivity contribution is 7.97. The lowest BCUT2D eigenvalue weighted by Crippen LogP contribution is -2.44. The molecule has 0 radical (unpaired) electrons. The van der Waals surface area contributed by atoms with E-state index >= 15 is 0 Å². The van der Waals surface area contributed by atoms with Crippen molar-refractivity contribution in [3.63, 3.8) is 0 Å². The number of amides is 1. The molecule has 1 aliphatic heterocycles. The zero-order valence-corrected chi connectivity index (χ0v) is 18.8. The third-order valence-electron chi connectivity index (χ3n) is 6.21. The lowest BCUT2D eigenvalue weighted by atomic mass is 9.94. The molecule has 0 aromatic heterocycles. The van der Waals surface area contributed by atoms with Gasteiger partial charge in [-0.2, -0.15) is 0 Å². The van der Waals surface area contributed by atoms with Crippen LogP contribution in [0, 0.1) is 0 Å². The molecule has 1 fully saturated rings. The molecule has 1 amide bonds. The summed E-state index contributed by atoms with van der Waals surface area (Å²) in [5.41, 5.74) is 2.61. The van der Waals surface area contributed by atoms with Crippen LogP contribution >= 0.6 is 0 Å². The summed E-state index contributed by atoms with van der Waals surface area (Å²) in [6.45, 7) is 2.06. The van der Waals surface area contributed by atoms with Gasteiger partial charge in [0, 0.05) is 23.7 Å². The standard InChI is InChI=1S/C25H30N2O3S/c1-2-27-22-18-12-11-17-21(22)23(19-13-7-6-8-14-19)24(31(27,29)30)25(28)26-20-15-9-4-3-5-10-16-20/h6-8,11-14,17-18,20H,2-5,9-10,15-16H2,1H3,(H,26,28). The van der Waals surface area contributed by atoms with E-state index in [2.05, 4.69) is 5.32 Å². The number of carbonyl (C=O) groups excluding carboxylic acids is 1. The molecule has 5 nitrogen and oxygen atoms in total. The van der Waals surface area contributed by atoms with Gasteiger partial charge in [0.25, 0.3) is 15.9 Å². The van der Waals surface area contributed by atoms with Crippen LogP contribution in [0.1, 0.15) is 63.0 Å². The summed E-state index contributed by atoms with van der Waals surface area (Å²) < 4.78 is 28.8. The number of fused-ring (bicyclic) bond motifs is 1. The number of para-hydroxylation sites is 1. The van der Waals surface area contributed by atoms with Gasteiger partial charge in [0.2, 0.25) is 0 Å². The first kappa shape index (κ1) is 21.6. The van der Waals surface area contributed by atoms with Gasteiger partial charge in [-0.3, -0.25) is 9.10 Å². The van der Waals surface area contributed by atoms with Crippen LogP contribution in [0.4, 0.5) is 5.69 Å². The summed E-state index contributed by atoms with van der Waals surface area (Å²) in [5.74, 6) is -0.489. The van der Waals surface area contributed by atoms with E-state index in [-0.39, 0.29) is 17.5 Å². The minimum absolute atomic E-state index is 0.0137. The molecular weight excluding hydrogens is 408 g/mol.